The Morgan fingerprint density at radius 1 is 1.05 bits per heavy atom. The second kappa shape index (κ2) is 9.96. The first-order valence-corrected chi connectivity index (χ1v) is 13.3. The highest BCUT2D eigenvalue weighted by molar-refractivity contribution is 6.06. The monoisotopic (exact) mass is 513 g/mol. The predicted molar refractivity (Wildman–Crippen MR) is 147 cm³/mol. The lowest BCUT2D eigenvalue weighted by atomic mass is 10.0. The molecule has 2 N–H and O–H groups in total. The highest BCUT2D eigenvalue weighted by Gasteiger charge is 2.40. The van der Waals surface area contributed by atoms with Gasteiger partial charge < -0.3 is 24.6 Å². The van der Waals surface area contributed by atoms with E-state index in [-0.39, 0.29) is 18.2 Å². The number of aliphatic carboxylic acids is 1. The zero-order chi connectivity index (χ0) is 26.2. The Labute approximate surface area is 220 Å². The standard InChI is InChI=1S/C29H31N5O4/c1-18-30-26-22-7-3-4-8-24(22)38-27(26)28(31-18)34-17-19(15-23(34)29(36)37)16-25(35)32-20-9-11-21(12-10-20)33-13-5-2-6-14-33/h3-4,7-12,19,23H,2,5-6,13-17H2,1H3,(H,32,35)(H,36,37)/t19-,23+/m1/s1. The van der Waals surface area contributed by atoms with E-state index < -0.39 is 12.0 Å². The van der Waals surface area contributed by atoms with Crippen LogP contribution in [0.25, 0.3) is 22.1 Å². The van der Waals surface area contributed by atoms with E-state index in [1.165, 1.54) is 24.9 Å². The number of amides is 1. The molecule has 0 aliphatic carbocycles. The fraction of sp³-hybridized carbons (Fsp3) is 0.379. The number of rotatable bonds is 6. The van der Waals surface area contributed by atoms with E-state index in [2.05, 4.69) is 32.3 Å². The largest absolute Gasteiger partial charge is 0.480 e. The molecule has 0 saturated carbocycles. The molecule has 0 radical (unpaired) electrons. The molecule has 0 unspecified atom stereocenters. The molecule has 2 aliphatic heterocycles. The van der Waals surface area contributed by atoms with Crippen molar-refractivity contribution < 1.29 is 19.1 Å². The minimum Gasteiger partial charge on any atom is -0.480 e. The molecule has 4 heterocycles. The van der Waals surface area contributed by atoms with Crippen molar-refractivity contribution in [2.75, 3.05) is 34.8 Å². The van der Waals surface area contributed by atoms with E-state index in [0.717, 1.165) is 24.2 Å². The van der Waals surface area contributed by atoms with Crippen molar-refractivity contribution in [2.24, 2.45) is 5.92 Å². The molecule has 1 amide bonds. The number of hydrogen-bond donors (Lipinski definition) is 2. The lowest BCUT2D eigenvalue weighted by molar-refractivity contribution is -0.138. The molecule has 38 heavy (non-hydrogen) atoms. The fourth-order valence-corrected chi connectivity index (χ4v) is 5.80. The number of benzene rings is 2. The Morgan fingerprint density at radius 3 is 2.58 bits per heavy atom. The maximum absolute atomic E-state index is 12.9. The van der Waals surface area contributed by atoms with Crippen LogP contribution in [0.5, 0.6) is 0 Å². The quantitative estimate of drug-likeness (QED) is 0.371. The molecule has 2 aromatic heterocycles. The summed E-state index contributed by atoms with van der Waals surface area (Å²) in [6.45, 7) is 4.32. The number of anilines is 3. The van der Waals surface area contributed by atoms with Gasteiger partial charge in [-0.2, -0.15) is 0 Å². The van der Waals surface area contributed by atoms with Gasteiger partial charge in [-0.15, -0.1) is 0 Å². The van der Waals surface area contributed by atoms with Gasteiger partial charge >= 0.3 is 5.97 Å². The topological polar surface area (TPSA) is 112 Å². The molecule has 2 aliphatic rings. The van der Waals surface area contributed by atoms with Crippen LogP contribution in [-0.2, 0) is 9.59 Å². The minimum atomic E-state index is -0.943. The molecule has 4 aromatic rings. The zero-order valence-corrected chi connectivity index (χ0v) is 21.4. The van der Waals surface area contributed by atoms with Crippen molar-refractivity contribution in [1.82, 2.24) is 9.97 Å². The third-order valence-corrected chi connectivity index (χ3v) is 7.60. The first kappa shape index (κ1) is 24.2. The number of carboxylic acids is 1. The van der Waals surface area contributed by atoms with Crippen molar-refractivity contribution >= 4 is 51.1 Å². The van der Waals surface area contributed by atoms with Crippen LogP contribution in [0.4, 0.5) is 17.2 Å². The number of aryl methyl sites for hydroxylation is 1. The summed E-state index contributed by atoms with van der Waals surface area (Å²) in [5, 5.41) is 13.9. The third kappa shape index (κ3) is 4.64. The Hall–Kier alpha value is -4.14. The molecule has 2 saturated heterocycles. The van der Waals surface area contributed by atoms with Crippen LogP contribution in [0, 0.1) is 12.8 Å². The second-order valence-electron chi connectivity index (χ2n) is 10.3. The average molecular weight is 514 g/mol. The maximum Gasteiger partial charge on any atom is 0.326 e. The van der Waals surface area contributed by atoms with Gasteiger partial charge in [-0.3, -0.25) is 4.79 Å². The normalized spacial score (nSPS) is 19.8. The summed E-state index contributed by atoms with van der Waals surface area (Å²) >= 11 is 0. The summed E-state index contributed by atoms with van der Waals surface area (Å²) in [4.78, 5) is 38.5. The average Bonchev–Trinajstić information content (AvgIpc) is 3.51. The Balaban J connectivity index is 1.18. The summed E-state index contributed by atoms with van der Waals surface area (Å²) in [6.07, 6.45) is 4.28. The van der Waals surface area contributed by atoms with E-state index in [0.29, 0.717) is 41.3 Å². The number of piperidine rings is 1. The van der Waals surface area contributed by atoms with Gasteiger partial charge in [0, 0.05) is 42.8 Å². The van der Waals surface area contributed by atoms with Gasteiger partial charge in [-0.1, -0.05) is 12.1 Å². The summed E-state index contributed by atoms with van der Waals surface area (Å²) in [5.74, 6) is -0.204. The van der Waals surface area contributed by atoms with Crippen molar-refractivity contribution in [3.8, 4) is 0 Å². The van der Waals surface area contributed by atoms with Gasteiger partial charge in [0.15, 0.2) is 11.4 Å². The Morgan fingerprint density at radius 2 is 1.82 bits per heavy atom. The Kier molecular flexibility index (Phi) is 6.35. The molecular weight excluding hydrogens is 482 g/mol. The van der Waals surface area contributed by atoms with Crippen molar-refractivity contribution in [2.45, 2.75) is 45.1 Å². The smallest absolute Gasteiger partial charge is 0.326 e. The van der Waals surface area contributed by atoms with Crippen LogP contribution in [0.2, 0.25) is 0 Å². The number of nitrogens with zero attached hydrogens (tertiary/aromatic N) is 4. The van der Waals surface area contributed by atoms with Crippen LogP contribution in [0.1, 0.15) is 37.9 Å². The first-order valence-electron chi connectivity index (χ1n) is 13.3. The van der Waals surface area contributed by atoms with Crippen molar-refractivity contribution in [1.29, 1.82) is 0 Å². The van der Waals surface area contributed by atoms with E-state index >= 15 is 0 Å². The third-order valence-electron chi connectivity index (χ3n) is 7.60. The van der Waals surface area contributed by atoms with Crippen molar-refractivity contribution in [3.05, 3.63) is 54.4 Å². The number of fused-ring (bicyclic) bond motifs is 3. The lowest BCUT2D eigenvalue weighted by Gasteiger charge is -2.28. The van der Waals surface area contributed by atoms with E-state index in [1.807, 2.05) is 36.4 Å². The molecule has 0 spiro atoms. The highest BCUT2D eigenvalue weighted by atomic mass is 16.4. The second-order valence-corrected chi connectivity index (χ2v) is 10.3. The van der Waals surface area contributed by atoms with Crippen molar-refractivity contribution in [3.63, 3.8) is 0 Å². The van der Waals surface area contributed by atoms with Crippen LogP contribution >= 0.6 is 0 Å². The van der Waals surface area contributed by atoms with Crippen LogP contribution in [-0.4, -0.2) is 52.6 Å². The summed E-state index contributed by atoms with van der Waals surface area (Å²) in [7, 11) is 0. The number of para-hydroxylation sites is 1. The van der Waals surface area contributed by atoms with Gasteiger partial charge in [0.05, 0.1) is 0 Å². The summed E-state index contributed by atoms with van der Waals surface area (Å²) < 4.78 is 6.09. The number of aromatic nitrogens is 2. The first-order chi connectivity index (χ1) is 18.5. The molecule has 0 bridgehead atoms. The number of carbonyl (C=O) groups excluding carboxylic acids is 1. The lowest BCUT2D eigenvalue weighted by Crippen LogP contribution is -2.36. The molecule has 196 valence electrons. The number of hydrogen-bond acceptors (Lipinski definition) is 7. The number of carbonyl (C=O) groups is 2. The van der Waals surface area contributed by atoms with Gasteiger partial charge in [-0.05, 0) is 74.9 Å². The van der Waals surface area contributed by atoms with E-state index in [9.17, 15) is 14.7 Å². The number of furan rings is 1. The van der Waals surface area contributed by atoms with Crippen LogP contribution < -0.4 is 15.1 Å². The minimum absolute atomic E-state index is 0.125. The zero-order valence-electron chi connectivity index (χ0n) is 21.4. The molecule has 9 heteroatoms. The maximum atomic E-state index is 12.9. The Bertz CT molecular complexity index is 1490. The molecular formula is C29H31N5O4. The predicted octanol–water partition coefficient (Wildman–Crippen LogP) is 4.98. The van der Waals surface area contributed by atoms with E-state index in [4.69, 9.17) is 4.42 Å². The molecule has 2 atom stereocenters. The van der Waals surface area contributed by atoms with Gasteiger partial charge in [0.1, 0.15) is 23.0 Å². The van der Waals surface area contributed by atoms with Gasteiger partial charge in [0.2, 0.25) is 5.91 Å². The number of nitrogens with one attached hydrogen (secondary N) is 1. The molecule has 6 rings (SSSR count). The molecule has 9 nitrogen and oxygen atoms in total. The fourth-order valence-electron chi connectivity index (χ4n) is 5.80. The van der Waals surface area contributed by atoms with Crippen LogP contribution in [0.3, 0.4) is 0 Å². The van der Waals surface area contributed by atoms with E-state index in [1.54, 1.807) is 11.8 Å². The SMILES string of the molecule is Cc1nc(N2C[C@@H](CC(=O)Nc3ccc(N4CCCCC4)cc3)C[C@H]2C(=O)O)c2oc3ccccc3c2n1. The summed E-state index contributed by atoms with van der Waals surface area (Å²) in [6, 6.07) is 14.8. The summed E-state index contributed by atoms with van der Waals surface area (Å²) in [5.41, 5.74) is 3.74. The van der Waals surface area contributed by atoms with Gasteiger partial charge in [-0.25, -0.2) is 14.8 Å². The molecule has 2 aromatic carbocycles. The highest BCUT2D eigenvalue weighted by Crippen LogP contribution is 2.37. The number of carboxylic acid groups (broad SMARTS) is 1. The van der Waals surface area contributed by atoms with Gasteiger partial charge in [0.25, 0.3) is 0 Å². The molecule has 2 fully saturated rings. The van der Waals surface area contributed by atoms with Crippen LogP contribution in [0.15, 0.2) is 52.9 Å².